The van der Waals surface area contributed by atoms with Gasteiger partial charge in [0.1, 0.15) is 4.32 Å². The molecule has 6 heteroatoms. The van der Waals surface area contributed by atoms with Crippen LogP contribution in [0, 0.1) is 0 Å². The summed E-state index contributed by atoms with van der Waals surface area (Å²) in [5.74, 6) is 0. The SMILES string of the molecule is NC(=S)S.S.[O]=[Mo]. The summed E-state index contributed by atoms with van der Waals surface area (Å²) in [4.78, 5) is 0. The first-order chi connectivity index (χ1) is 2.73. The molecule has 44 valence electrons. The molecule has 0 atom stereocenters. The van der Waals surface area contributed by atoms with Gasteiger partial charge in [0, 0.05) is 0 Å². The molecule has 0 radical (unpaired) electrons. The van der Waals surface area contributed by atoms with E-state index in [1.165, 1.54) is 0 Å². The van der Waals surface area contributed by atoms with Crippen molar-refractivity contribution in [2.75, 3.05) is 0 Å². The van der Waals surface area contributed by atoms with Crippen LogP contribution in [0.25, 0.3) is 0 Å². The summed E-state index contributed by atoms with van der Waals surface area (Å²) in [6.45, 7) is 0. The first-order valence-corrected chi connectivity index (χ1v) is 2.56. The van der Waals surface area contributed by atoms with E-state index >= 15 is 0 Å². The second-order valence-electron chi connectivity index (χ2n) is 0.338. The van der Waals surface area contributed by atoms with Crippen molar-refractivity contribution in [3.05, 3.63) is 0 Å². The topological polar surface area (TPSA) is 43.1 Å². The van der Waals surface area contributed by atoms with E-state index in [-0.39, 0.29) is 17.8 Å². The molecule has 0 spiro atoms. The molecule has 0 aliphatic rings. The van der Waals surface area contributed by atoms with Crippen LogP contribution in [-0.2, 0) is 23.2 Å². The number of hydrogen-bond donors (Lipinski definition) is 2. The first kappa shape index (κ1) is 15.7. The fourth-order valence-electron chi connectivity index (χ4n) is 0. The van der Waals surface area contributed by atoms with Crippen molar-refractivity contribution < 1.29 is 23.2 Å². The van der Waals surface area contributed by atoms with Crippen LogP contribution in [0.4, 0.5) is 0 Å². The summed E-state index contributed by atoms with van der Waals surface area (Å²) in [7, 11) is 0. The van der Waals surface area contributed by atoms with Crippen LogP contribution in [0.5, 0.6) is 0 Å². The number of nitrogens with two attached hydrogens (primary N) is 1. The van der Waals surface area contributed by atoms with Gasteiger partial charge < -0.3 is 5.73 Å². The van der Waals surface area contributed by atoms with Gasteiger partial charge in [-0.2, -0.15) is 13.5 Å². The van der Waals surface area contributed by atoms with Crippen molar-refractivity contribution in [2.24, 2.45) is 5.73 Å². The minimum atomic E-state index is 0. The van der Waals surface area contributed by atoms with Crippen molar-refractivity contribution in [1.29, 1.82) is 0 Å². The molecule has 0 aliphatic carbocycles. The summed E-state index contributed by atoms with van der Waals surface area (Å²) >= 11 is 8.35. The van der Waals surface area contributed by atoms with Gasteiger partial charge in [-0.1, -0.05) is 12.2 Å². The van der Waals surface area contributed by atoms with E-state index in [4.69, 9.17) is 9.13 Å². The zero-order chi connectivity index (χ0) is 5.58. The molecule has 0 aromatic carbocycles. The molecule has 0 amide bonds. The van der Waals surface area contributed by atoms with Crippen LogP contribution in [0.2, 0.25) is 0 Å². The van der Waals surface area contributed by atoms with E-state index in [1.807, 2.05) is 0 Å². The first-order valence-electron chi connectivity index (χ1n) is 0.883. The number of rotatable bonds is 0. The molecule has 0 bridgehead atoms. The van der Waals surface area contributed by atoms with Gasteiger partial charge in [-0.25, -0.2) is 0 Å². The molecule has 0 aromatic rings. The van der Waals surface area contributed by atoms with Gasteiger partial charge in [-0.15, -0.1) is 12.6 Å². The summed E-state index contributed by atoms with van der Waals surface area (Å²) in [5.41, 5.74) is 4.71. The van der Waals surface area contributed by atoms with E-state index < -0.39 is 0 Å². The summed E-state index contributed by atoms with van der Waals surface area (Å²) in [6.07, 6.45) is 0. The zero-order valence-corrected chi connectivity index (χ0v) is 7.97. The van der Waals surface area contributed by atoms with Crippen LogP contribution in [0.15, 0.2) is 0 Å². The minimum absolute atomic E-state index is 0. The van der Waals surface area contributed by atoms with Crippen LogP contribution >= 0.6 is 38.3 Å². The average Bonchev–Trinajstić information content (AvgIpc) is 1.41. The van der Waals surface area contributed by atoms with Gasteiger partial charge in [0.25, 0.3) is 0 Å². The normalized spacial score (nSPS) is 4.14. The second kappa shape index (κ2) is 15.7. The molecule has 0 saturated carbocycles. The molecule has 0 saturated heterocycles. The maximum atomic E-state index is 8.26. The summed E-state index contributed by atoms with van der Waals surface area (Å²) in [6, 6.07) is 0. The van der Waals surface area contributed by atoms with Crippen molar-refractivity contribution in [3.63, 3.8) is 0 Å². The molecule has 2 N–H and O–H groups in total. The monoisotopic (exact) mass is 241 g/mol. The Hall–Kier alpha value is 1.08. The fourth-order valence-corrected chi connectivity index (χ4v) is 0. The van der Waals surface area contributed by atoms with Crippen LogP contribution < -0.4 is 5.73 Å². The van der Waals surface area contributed by atoms with Crippen molar-refractivity contribution in [3.8, 4) is 0 Å². The Morgan fingerprint density at radius 1 is 1.71 bits per heavy atom. The quantitative estimate of drug-likeness (QED) is 0.359. The van der Waals surface area contributed by atoms with Gasteiger partial charge in [0.05, 0.1) is 0 Å². The Morgan fingerprint density at radius 3 is 1.71 bits per heavy atom. The summed E-state index contributed by atoms with van der Waals surface area (Å²) in [5, 5.41) is 0. The third-order valence-corrected chi connectivity index (χ3v) is 0. The maximum absolute atomic E-state index is 8.26. The van der Waals surface area contributed by atoms with Crippen LogP contribution in [0.1, 0.15) is 0 Å². The Bertz CT molecular complexity index is 46.2. The van der Waals surface area contributed by atoms with E-state index in [2.05, 4.69) is 24.8 Å². The standard InChI is InChI=1S/CH3NS2.Mo.O.H2S/c2-1(3)4;;;/h(H3,2,3,4);;;1H2. The Labute approximate surface area is 71.3 Å². The fraction of sp³-hybridized carbons (Fsp3) is 0. The van der Waals surface area contributed by atoms with Gasteiger partial charge in [-0.3, -0.25) is 0 Å². The van der Waals surface area contributed by atoms with Gasteiger partial charge in [0.15, 0.2) is 0 Å². The Balaban J connectivity index is -0.0000000480. The molecule has 7 heavy (non-hydrogen) atoms. The molecular weight excluding hydrogens is 234 g/mol. The predicted octanol–water partition coefficient (Wildman–Crippen LogP) is 0.151. The molecule has 0 aromatic heterocycles. The third kappa shape index (κ3) is 157. The van der Waals surface area contributed by atoms with Crippen LogP contribution in [0.3, 0.4) is 0 Å². The average molecular weight is 239 g/mol. The molecule has 0 rings (SSSR count). The molecule has 0 unspecified atom stereocenters. The van der Waals surface area contributed by atoms with Crippen molar-refractivity contribution in [2.45, 2.75) is 0 Å². The summed E-state index contributed by atoms with van der Waals surface area (Å²) < 4.78 is 8.45. The zero-order valence-electron chi connectivity index (χ0n) is 3.25. The van der Waals surface area contributed by atoms with Crippen LogP contribution in [-0.4, -0.2) is 4.32 Å². The second-order valence-corrected chi connectivity index (χ2v) is 1.56. The molecular formula is CH5MoNOS3. The number of thiocarbonyl (C=S) groups is 1. The van der Waals surface area contributed by atoms with Gasteiger partial charge in [-0.05, 0) is 0 Å². The molecule has 0 fully saturated rings. The van der Waals surface area contributed by atoms with E-state index in [9.17, 15) is 0 Å². The molecule has 0 heterocycles. The van der Waals surface area contributed by atoms with Gasteiger partial charge >= 0.3 is 23.2 Å². The van der Waals surface area contributed by atoms with Crippen molar-refractivity contribution in [1.82, 2.24) is 0 Å². The van der Waals surface area contributed by atoms with Crippen molar-refractivity contribution >= 4 is 42.7 Å². The molecule has 0 aliphatic heterocycles. The third-order valence-electron chi connectivity index (χ3n) is 0. The predicted molar refractivity (Wildman–Crippen MR) is 36.8 cm³/mol. The van der Waals surface area contributed by atoms with Gasteiger partial charge in [0.2, 0.25) is 0 Å². The Kier molecular flexibility index (Phi) is 35.3. The number of hydrogen-bond acceptors (Lipinski definition) is 2. The Morgan fingerprint density at radius 2 is 1.71 bits per heavy atom. The number of thiol groups is 1. The van der Waals surface area contributed by atoms with E-state index in [1.54, 1.807) is 0 Å². The molecule has 2 nitrogen and oxygen atoms in total. The van der Waals surface area contributed by atoms with E-state index in [0.717, 1.165) is 0 Å². The van der Waals surface area contributed by atoms with E-state index in [0.29, 0.717) is 19.8 Å².